The molecule has 24 heavy (non-hydrogen) atoms. The fraction of sp³-hybridized carbons (Fsp3) is 0.188. The van der Waals surface area contributed by atoms with Gasteiger partial charge in [0.2, 0.25) is 0 Å². The normalized spacial score (nSPS) is 11.2. The minimum absolute atomic E-state index is 0.0925. The third kappa shape index (κ3) is 4.79. The molecule has 128 valence electrons. The van der Waals surface area contributed by atoms with Crippen LogP contribution < -0.4 is 10.1 Å². The van der Waals surface area contributed by atoms with Gasteiger partial charge in [-0.1, -0.05) is 29.3 Å². The van der Waals surface area contributed by atoms with Gasteiger partial charge in [-0.3, -0.25) is 4.79 Å². The molecule has 0 bridgehead atoms. The van der Waals surface area contributed by atoms with Gasteiger partial charge in [0.05, 0.1) is 27.7 Å². The molecule has 0 radical (unpaired) electrons. The molecule has 0 atom stereocenters. The lowest BCUT2D eigenvalue weighted by molar-refractivity contribution is -0.137. The number of hydrogen-bond donors (Lipinski definition) is 1. The molecule has 0 aromatic heterocycles. The maximum absolute atomic E-state index is 12.4. The molecule has 0 saturated heterocycles. The van der Waals surface area contributed by atoms with E-state index in [-0.39, 0.29) is 34.5 Å². The van der Waals surface area contributed by atoms with Gasteiger partial charge in [-0.15, -0.1) is 0 Å². The average Bonchev–Trinajstić information content (AvgIpc) is 2.53. The van der Waals surface area contributed by atoms with Crippen LogP contribution in [0.15, 0.2) is 42.5 Å². The summed E-state index contributed by atoms with van der Waals surface area (Å²) in [6, 6.07) is 8.99. The fourth-order valence-corrected chi connectivity index (χ4v) is 2.23. The van der Waals surface area contributed by atoms with Gasteiger partial charge in [0, 0.05) is 0 Å². The van der Waals surface area contributed by atoms with Gasteiger partial charge in [-0.25, -0.2) is 0 Å². The van der Waals surface area contributed by atoms with Crippen molar-refractivity contribution in [1.29, 1.82) is 0 Å². The molecule has 0 fully saturated rings. The Hall–Kier alpha value is -1.92. The van der Waals surface area contributed by atoms with Crippen molar-refractivity contribution in [3.05, 3.63) is 63.6 Å². The molecule has 0 aliphatic rings. The summed E-state index contributed by atoms with van der Waals surface area (Å²) in [7, 11) is 0. The van der Waals surface area contributed by atoms with Crippen LogP contribution in [0.1, 0.15) is 15.9 Å². The van der Waals surface area contributed by atoms with Crippen molar-refractivity contribution >= 4 is 29.1 Å². The van der Waals surface area contributed by atoms with Crippen LogP contribution >= 0.6 is 23.2 Å². The highest BCUT2D eigenvalue weighted by Crippen LogP contribution is 2.30. The molecule has 1 amide bonds. The summed E-state index contributed by atoms with van der Waals surface area (Å²) in [6.45, 7) is 0.248. The smallest absolute Gasteiger partial charge is 0.416 e. The van der Waals surface area contributed by atoms with E-state index in [0.717, 1.165) is 12.1 Å². The third-order valence-corrected chi connectivity index (χ3v) is 3.85. The number of alkyl halides is 3. The van der Waals surface area contributed by atoms with E-state index >= 15 is 0 Å². The zero-order chi connectivity index (χ0) is 17.7. The van der Waals surface area contributed by atoms with Crippen molar-refractivity contribution in [2.75, 3.05) is 13.2 Å². The lowest BCUT2D eigenvalue weighted by Gasteiger charge is -2.10. The van der Waals surface area contributed by atoms with Crippen LogP contribution in [0.25, 0.3) is 0 Å². The van der Waals surface area contributed by atoms with Crippen LogP contribution in [0.2, 0.25) is 10.0 Å². The van der Waals surface area contributed by atoms with Gasteiger partial charge < -0.3 is 10.1 Å². The van der Waals surface area contributed by atoms with Crippen molar-refractivity contribution in [1.82, 2.24) is 5.32 Å². The molecule has 0 spiro atoms. The summed E-state index contributed by atoms with van der Waals surface area (Å²) in [5, 5.41) is 3.01. The van der Waals surface area contributed by atoms with Crippen molar-refractivity contribution in [3.8, 4) is 5.75 Å². The van der Waals surface area contributed by atoms with Gasteiger partial charge in [-0.2, -0.15) is 13.2 Å². The first-order valence-electron chi connectivity index (χ1n) is 6.81. The molecule has 0 aliphatic carbocycles. The van der Waals surface area contributed by atoms with Crippen molar-refractivity contribution in [2.24, 2.45) is 0 Å². The summed E-state index contributed by atoms with van der Waals surface area (Å²) < 4.78 is 42.6. The van der Waals surface area contributed by atoms with Gasteiger partial charge in [-0.05, 0) is 36.4 Å². The fourth-order valence-electron chi connectivity index (χ4n) is 1.85. The number of ether oxygens (including phenoxy) is 1. The summed E-state index contributed by atoms with van der Waals surface area (Å²) in [5.74, 6) is -0.142. The lowest BCUT2D eigenvalue weighted by Crippen LogP contribution is -2.28. The van der Waals surface area contributed by atoms with E-state index in [9.17, 15) is 18.0 Å². The van der Waals surface area contributed by atoms with E-state index in [1.165, 1.54) is 18.2 Å². The highest BCUT2D eigenvalue weighted by Gasteiger charge is 2.29. The zero-order valence-electron chi connectivity index (χ0n) is 12.2. The first-order chi connectivity index (χ1) is 11.3. The summed E-state index contributed by atoms with van der Waals surface area (Å²) >= 11 is 11.8. The van der Waals surface area contributed by atoms with Crippen LogP contribution in [0, 0.1) is 0 Å². The molecule has 0 heterocycles. The molecule has 2 rings (SSSR count). The van der Waals surface area contributed by atoms with Crippen LogP contribution in [-0.2, 0) is 6.18 Å². The Balaban J connectivity index is 1.82. The van der Waals surface area contributed by atoms with Crippen molar-refractivity contribution in [2.45, 2.75) is 6.18 Å². The minimum Gasteiger partial charge on any atom is -0.492 e. The monoisotopic (exact) mass is 377 g/mol. The zero-order valence-corrected chi connectivity index (χ0v) is 13.7. The molecule has 1 N–H and O–H groups in total. The Morgan fingerprint density at radius 3 is 2.38 bits per heavy atom. The van der Waals surface area contributed by atoms with Gasteiger partial charge >= 0.3 is 6.18 Å². The van der Waals surface area contributed by atoms with Gasteiger partial charge in [0.25, 0.3) is 5.91 Å². The molecule has 0 saturated carbocycles. The van der Waals surface area contributed by atoms with E-state index in [0.29, 0.717) is 0 Å². The van der Waals surface area contributed by atoms with E-state index in [4.69, 9.17) is 27.9 Å². The van der Waals surface area contributed by atoms with Crippen LogP contribution in [0.3, 0.4) is 0 Å². The highest BCUT2D eigenvalue weighted by molar-refractivity contribution is 6.43. The maximum atomic E-state index is 12.4. The molecular weight excluding hydrogens is 366 g/mol. The number of halogens is 5. The number of rotatable bonds is 5. The standard InChI is InChI=1S/C16H12Cl2F3NO2/c17-13-3-1-2-12(14(13)18)15(23)22-8-9-24-11-6-4-10(5-7-11)16(19,20)21/h1-7H,8-9H2,(H,22,23). The maximum Gasteiger partial charge on any atom is 0.416 e. The number of amides is 1. The third-order valence-electron chi connectivity index (χ3n) is 3.03. The largest absolute Gasteiger partial charge is 0.492 e. The topological polar surface area (TPSA) is 38.3 Å². The highest BCUT2D eigenvalue weighted by atomic mass is 35.5. The number of carbonyl (C=O) groups is 1. The van der Waals surface area contributed by atoms with Crippen molar-refractivity contribution in [3.63, 3.8) is 0 Å². The second-order valence-corrected chi connectivity index (χ2v) is 5.51. The van der Waals surface area contributed by atoms with E-state index < -0.39 is 17.6 Å². The summed E-state index contributed by atoms with van der Waals surface area (Å²) in [5.41, 5.74) is -0.516. The number of carbonyl (C=O) groups excluding carboxylic acids is 1. The van der Waals surface area contributed by atoms with Crippen LogP contribution in [0.5, 0.6) is 5.75 Å². The first kappa shape index (κ1) is 18.4. The lowest BCUT2D eigenvalue weighted by atomic mass is 10.2. The SMILES string of the molecule is O=C(NCCOc1ccc(C(F)(F)F)cc1)c1cccc(Cl)c1Cl. The Labute approximate surface area is 146 Å². The van der Waals surface area contributed by atoms with E-state index in [2.05, 4.69) is 5.32 Å². The molecule has 8 heteroatoms. The summed E-state index contributed by atoms with van der Waals surface area (Å²) in [6.07, 6.45) is -4.39. The van der Waals surface area contributed by atoms with Crippen LogP contribution in [0.4, 0.5) is 13.2 Å². The average molecular weight is 378 g/mol. The molecule has 2 aromatic rings. The van der Waals surface area contributed by atoms with Gasteiger partial charge in [0.15, 0.2) is 0 Å². The first-order valence-corrected chi connectivity index (χ1v) is 7.57. The molecule has 0 unspecified atom stereocenters. The van der Waals surface area contributed by atoms with E-state index in [1.54, 1.807) is 12.1 Å². The Kier molecular flexibility index (Phi) is 5.96. The number of benzene rings is 2. The quantitative estimate of drug-likeness (QED) is 0.758. The predicted molar refractivity (Wildman–Crippen MR) is 85.7 cm³/mol. The predicted octanol–water partition coefficient (Wildman–Crippen LogP) is 4.82. The molecular formula is C16H12Cl2F3NO2. The van der Waals surface area contributed by atoms with E-state index in [1.807, 2.05) is 0 Å². The Morgan fingerprint density at radius 1 is 1.08 bits per heavy atom. The minimum atomic E-state index is -4.39. The second kappa shape index (κ2) is 7.77. The number of nitrogens with one attached hydrogen (secondary N) is 1. The Bertz CT molecular complexity index is 718. The van der Waals surface area contributed by atoms with Crippen molar-refractivity contribution < 1.29 is 22.7 Å². The number of hydrogen-bond acceptors (Lipinski definition) is 2. The second-order valence-electron chi connectivity index (χ2n) is 4.73. The molecule has 0 aliphatic heterocycles. The van der Waals surface area contributed by atoms with Crippen LogP contribution in [-0.4, -0.2) is 19.1 Å². The molecule has 3 nitrogen and oxygen atoms in total. The van der Waals surface area contributed by atoms with Gasteiger partial charge in [0.1, 0.15) is 12.4 Å². The Morgan fingerprint density at radius 2 is 1.75 bits per heavy atom. The summed E-state index contributed by atoms with van der Waals surface area (Å²) in [4.78, 5) is 11.9. The molecule has 2 aromatic carbocycles.